The zero-order valence-corrected chi connectivity index (χ0v) is 14.4. The highest BCUT2D eigenvalue weighted by molar-refractivity contribution is 7.15. The third kappa shape index (κ3) is 3.82. The van der Waals surface area contributed by atoms with E-state index in [1.807, 2.05) is 6.92 Å². The quantitative estimate of drug-likeness (QED) is 0.618. The molecule has 0 atom stereocenters. The average Bonchev–Trinajstić information content (AvgIpc) is 3.08. The third-order valence-electron chi connectivity index (χ3n) is 3.51. The van der Waals surface area contributed by atoms with E-state index in [0.29, 0.717) is 17.2 Å². The fraction of sp³-hybridized carbons (Fsp3) is 0.312. The number of hydrogen-bond acceptors (Lipinski definition) is 7. The third-order valence-corrected chi connectivity index (χ3v) is 4.26. The Kier molecular flexibility index (Phi) is 5.03. The number of ether oxygens (including phenoxy) is 1. The van der Waals surface area contributed by atoms with E-state index in [1.54, 1.807) is 11.6 Å². The Balaban J connectivity index is 1.73. The summed E-state index contributed by atoms with van der Waals surface area (Å²) in [6, 6.07) is 3.95. The van der Waals surface area contributed by atoms with Crippen LogP contribution >= 0.6 is 11.3 Å². The van der Waals surface area contributed by atoms with E-state index in [2.05, 4.69) is 10.1 Å². The Morgan fingerprint density at radius 1 is 1.28 bits per heavy atom. The van der Waals surface area contributed by atoms with E-state index in [1.165, 1.54) is 38.6 Å². The smallest absolute Gasteiger partial charge is 0.359 e. The summed E-state index contributed by atoms with van der Waals surface area (Å²) >= 11 is 1.32. The van der Waals surface area contributed by atoms with Gasteiger partial charge in [-0.2, -0.15) is 5.10 Å². The molecule has 0 spiro atoms. The summed E-state index contributed by atoms with van der Waals surface area (Å²) in [6.07, 6.45) is 3.34. The van der Waals surface area contributed by atoms with Gasteiger partial charge in [0, 0.05) is 30.3 Å². The fourth-order valence-electron chi connectivity index (χ4n) is 2.20. The lowest BCUT2D eigenvalue weighted by Crippen LogP contribution is -2.25. The van der Waals surface area contributed by atoms with Crippen LogP contribution in [0, 0.1) is 0 Å². The van der Waals surface area contributed by atoms with Crippen molar-refractivity contribution in [3.05, 3.63) is 61.9 Å². The molecule has 0 saturated heterocycles. The number of thiazole rings is 1. The van der Waals surface area contributed by atoms with E-state index in [9.17, 15) is 14.4 Å². The molecular weight excluding hydrogens is 344 g/mol. The predicted molar refractivity (Wildman–Crippen MR) is 91.9 cm³/mol. The minimum atomic E-state index is -0.668. The van der Waals surface area contributed by atoms with E-state index in [-0.39, 0.29) is 23.4 Å². The molecule has 0 fully saturated rings. The topological polar surface area (TPSA) is 95.6 Å². The first-order chi connectivity index (χ1) is 12.1. The van der Waals surface area contributed by atoms with Crippen LogP contribution in [-0.2, 0) is 17.9 Å². The minimum absolute atomic E-state index is 0.0460. The monoisotopic (exact) mass is 360 g/mol. The van der Waals surface area contributed by atoms with Gasteiger partial charge >= 0.3 is 5.97 Å². The molecule has 130 valence electrons. The first-order valence-electron chi connectivity index (χ1n) is 7.79. The fourth-order valence-corrected chi connectivity index (χ4v) is 2.94. The maximum absolute atomic E-state index is 12.1. The van der Waals surface area contributed by atoms with E-state index >= 15 is 0 Å². The molecule has 0 unspecified atom stereocenters. The molecule has 0 aliphatic heterocycles. The van der Waals surface area contributed by atoms with E-state index in [4.69, 9.17) is 4.74 Å². The van der Waals surface area contributed by atoms with Crippen molar-refractivity contribution in [2.75, 3.05) is 0 Å². The Labute approximate surface area is 146 Å². The lowest BCUT2D eigenvalue weighted by molar-refractivity contribution is 0.0457. The van der Waals surface area contributed by atoms with Crippen LogP contribution in [0.4, 0.5) is 0 Å². The van der Waals surface area contributed by atoms with Gasteiger partial charge in [0.25, 0.3) is 11.1 Å². The van der Waals surface area contributed by atoms with Crippen LogP contribution in [0.15, 0.2) is 39.4 Å². The lowest BCUT2D eigenvalue weighted by Gasteiger charge is -2.07. The van der Waals surface area contributed by atoms with Crippen molar-refractivity contribution in [1.82, 2.24) is 19.2 Å². The molecule has 8 nitrogen and oxygen atoms in total. The highest BCUT2D eigenvalue weighted by Gasteiger charge is 2.12. The summed E-state index contributed by atoms with van der Waals surface area (Å²) in [5.41, 5.74) is -0.0869. The van der Waals surface area contributed by atoms with Gasteiger partial charge < -0.3 is 4.74 Å². The molecular formula is C16H16N4O4S. The molecule has 3 rings (SSSR count). The normalized spacial score (nSPS) is 10.9. The second-order valence-corrected chi connectivity index (χ2v) is 6.22. The summed E-state index contributed by atoms with van der Waals surface area (Å²) in [5, 5.41) is 5.78. The highest BCUT2D eigenvalue weighted by Crippen LogP contribution is 2.08. The zero-order valence-electron chi connectivity index (χ0n) is 13.5. The van der Waals surface area contributed by atoms with Gasteiger partial charge in [-0.25, -0.2) is 14.5 Å². The van der Waals surface area contributed by atoms with Crippen molar-refractivity contribution in [1.29, 1.82) is 0 Å². The molecule has 0 bridgehead atoms. The predicted octanol–water partition coefficient (Wildman–Crippen LogP) is 1.47. The first-order valence-corrected chi connectivity index (χ1v) is 8.67. The number of hydrogen-bond donors (Lipinski definition) is 0. The van der Waals surface area contributed by atoms with E-state index < -0.39 is 5.97 Å². The Morgan fingerprint density at radius 3 is 2.92 bits per heavy atom. The van der Waals surface area contributed by atoms with Gasteiger partial charge in [0.15, 0.2) is 10.7 Å². The number of fused-ring (bicyclic) bond motifs is 1. The molecule has 0 saturated carbocycles. The molecule has 0 aromatic carbocycles. The molecule has 0 N–H and O–H groups in total. The molecule has 0 aliphatic rings. The Morgan fingerprint density at radius 2 is 2.12 bits per heavy atom. The summed E-state index contributed by atoms with van der Waals surface area (Å²) in [5.74, 6) is -0.668. The summed E-state index contributed by atoms with van der Waals surface area (Å²) < 4.78 is 7.84. The number of unbranched alkanes of at least 4 members (excludes halogenated alkanes) is 1. The standard InChI is InChI=1S/C16H16N4O4S/c1-2-3-6-20-13(21)5-4-12(18-20)15(23)24-10-11-9-14(22)19-7-8-25-16(19)17-11/h4-5,7-9H,2-3,6,10H2,1H3. The van der Waals surface area contributed by atoms with Crippen LogP contribution in [0.2, 0.25) is 0 Å². The molecule has 3 aromatic rings. The van der Waals surface area contributed by atoms with Gasteiger partial charge in [-0.1, -0.05) is 13.3 Å². The van der Waals surface area contributed by atoms with Gasteiger partial charge in [-0.3, -0.25) is 14.0 Å². The van der Waals surface area contributed by atoms with Gasteiger partial charge in [0.2, 0.25) is 0 Å². The molecule has 0 aliphatic carbocycles. The Hall–Kier alpha value is -2.81. The van der Waals surface area contributed by atoms with Crippen LogP contribution in [0.3, 0.4) is 0 Å². The number of esters is 1. The lowest BCUT2D eigenvalue weighted by atomic mass is 10.3. The second kappa shape index (κ2) is 7.39. The molecule has 9 heteroatoms. The number of carbonyl (C=O) groups excluding carboxylic acids is 1. The first kappa shape index (κ1) is 17.0. The molecule has 0 amide bonds. The summed E-state index contributed by atoms with van der Waals surface area (Å²) in [6.45, 7) is 2.31. The van der Waals surface area contributed by atoms with Crippen LogP contribution in [0.1, 0.15) is 35.9 Å². The van der Waals surface area contributed by atoms with Gasteiger partial charge in [-0.05, 0) is 12.5 Å². The highest BCUT2D eigenvalue weighted by atomic mass is 32.1. The van der Waals surface area contributed by atoms with Crippen LogP contribution in [-0.4, -0.2) is 25.1 Å². The van der Waals surface area contributed by atoms with Gasteiger partial charge in [0.05, 0.1) is 5.69 Å². The van der Waals surface area contributed by atoms with Gasteiger partial charge in [-0.15, -0.1) is 11.3 Å². The van der Waals surface area contributed by atoms with Crippen molar-refractivity contribution in [3.63, 3.8) is 0 Å². The largest absolute Gasteiger partial charge is 0.454 e. The maximum Gasteiger partial charge on any atom is 0.359 e. The number of carbonyl (C=O) groups is 1. The summed E-state index contributed by atoms with van der Waals surface area (Å²) in [7, 11) is 0. The van der Waals surface area contributed by atoms with Gasteiger partial charge in [0.1, 0.15) is 6.61 Å². The van der Waals surface area contributed by atoms with Crippen molar-refractivity contribution in [3.8, 4) is 0 Å². The van der Waals surface area contributed by atoms with Crippen molar-refractivity contribution >= 4 is 22.3 Å². The number of aromatic nitrogens is 4. The Bertz CT molecular complexity index is 1020. The SMILES string of the molecule is CCCCn1nc(C(=O)OCc2cc(=O)n3ccsc3n2)ccc1=O. The number of nitrogens with zero attached hydrogens (tertiary/aromatic N) is 4. The van der Waals surface area contributed by atoms with Crippen molar-refractivity contribution in [2.45, 2.75) is 32.9 Å². The van der Waals surface area contributed by atoms with Crippen LogP contribution in [0.25, 0.3) is 4.96 Å². The molecule has 0 radical (unpaired) electrons. The number of aryl methyl sites for hydroxylation is 1. The van der Waals surface area contributed by atoms with Crippen LogP contribution < -0.4 is 11.1 Å². The van der Waals surface area contributed by atoms with Crippen molar-refractivity contribution < 1.29 is 9.53 Å². The van der Waals surface area contributed by atoms with E-state index in [0.717, 1.165) is 12.8 Å². The average molecular weight is 360 g/mol. The molecule has 25 heavy (non-hydrogen) atoms. The molecule has 3 aromatic heterocycles. The minimum Gasteiger partial charge on any atom is -0.454 e. The number of rotatable bonds is 6. The molecule has 3 heterocycles. The second-order valence-electron chi connectivity index (χ2n) is 5.35. The van der Waals surface area contributed by atoms with Crippen molar-refractivity contribution in [2.24, 2.45) is 0 Å². The maximum atomic E-state index is 12.1. The zero-order chi connectivity index (χ0) is 17.8. The van der Waals surface area contributed by atoms with Crippen LogP contribution in [0.5, 0.6) is 0 Å². The summed E-state index contributed by atoms with van der Waals surface area (Å²) in [4.78, 5) is 40.6.